The van der Waals surface area contributed by atoms with Gasteiger partial charge in [0.1, 0.15) is 0 Å². The molecule has 0 spiro atoms. The first-order valence-electron chi connectivity index (χ1n) is 7.96. The fourth-order valence-electron chi connectivity index (χ4n) is 1.81. The molecule has 2 saturated heterocycles. The van der Waals surface area contributed by atoms with E-state index in [2.05, 4.69) is 20.7 Å². The largest absolute Gasteiger partial charge is 1.00 e. The molecular formula is C12H23B2BrF6K2O4. The number of rotatable bonds is 4. The third kappa shape index (κ3) is 27.3. The van der Waals surface area contributed by atoms with Crippen molar-refractivity contribution in [2.45, 2.75) is 37.9 Å². The number of hydrogen-bond acceptors (Lipinski definition) is 4. The van der Waals surface area contributed by atoms with Gasteiger partial charge in [0.05, 0.1) is 25.4 Å². The van der Waals surface area contributed by atoms with Crippen LogP contribution < -0.4 is 103 Å². The predicted molar refractivity (Wildman–Crippen MR) is 87.8 cm³/mol. The maximum absolute atomic E-state index is 11.7. The van der Waals surface area contributed by atoms with Crippen molar-refractivity contribution in [1.29, 1.82) is 0 Å². The minimum absolute atomic E-state index is 0. The van der Waals surface area contributed by atoms with Gasteiger partial charge in [-0.05, 0) is 30.9 Å². The van der Waals surface area contributed by atoms with E-state index in [0.29, 0.717) is 26.2 Å². The maximum Gasteiger partial charge on any atom is 1.00 e. The van der Waals surface area contributed by atoms with Crippen LogP contribution in [0.3, 0.4) is 0 Å². The number of halogens is 7. The van der Waals surface area contributed by atoms with E-state index in [-0.39, 0.29) is 115 Å². The number of aliphatic hydroxyl groups is 1. The van der Waals surface area contributed by atoms with Crippen LogP contribution >= 0.6 is 15.9 Å². The Morgan fingerprint density at radius 1 is 0.889 bits per heavy atom. The van der Waals surface area contributed by atoms with Crippen LogP contribution in [0, 0.1) is 0 Å². The zero-order valence-corrected chi connectivity index (χ0v) is 23.5. The average Bonchev–Trinajstić information content (AvgIpc) is 2.55. The zero-order chi connectivity index (χ0) is 19.3. The molecular weight excluding hydrogens is 502 g/mol. The molecule has 152 valence electrons. The quantitative estimate of drug-likeness (QED) is 0.251. The summed E-state index contributed by atoms with van der Waals surface area (Å²) in [6.45, 7) is -8.17. The van der Waals surface area contributed by atoms with Gasteiger partial charge in [-0.1, -0.05) is 0 Å². The molecule has 2 fully saturated rings. The van der Waals surface area contributed by atoms with Crippen molar-refractivity contribution in [3.63, 3.8) is 0 Å². The van der Waals surface area contributed by atoms with Crippen LogP contribution in [-0.4, -0.2) is 69.4 Å². The maximum atomic E-state index is 11.7. The Bertz CT molecular complexity index is 334. The van der Waals surface area contributed by atoms with Crippen molar-refractivity contribution in [2.24, 2.45) is 0 Å². The second kappa shape index (κ2) is 19.9. The molecule has 2 unspecified atom stereocenters. The summed E-state index contributed by atoms with van der Waals surface area (Å²) < 4.78 is 82.0. The van der Waals surface area contributed by atoms with E-state index >= 15 is 0 Å². The van der Waals surface area contributed by atoms with Crippen molar-refractivity contribution >= 4 is 29.9 Å². The van der Waals surface area contributed by atoms with Gasteiger partial charge in [-0.15, -0.1) is 15.9 Å². The normalized spacial score (nSPS) is 22.7. The first kappa shape index (κ1) is 34.9. The van der Waals surface area contributed by atoms with Crippen LogP contribution in [0.5, 0.6) is 0 Å². The number of alkyl halides is 1. The summed E-state index contributed by atoms with van der Waals surface area (Å²) in [5.41, 5.74) is 0. The zero-order valence-electron chi connectivity index (χ0n) is 15.7. The molecule has 0 amide bonds. The summed E-state index contributed by atoms with van der Waals surface area (Å²) in [6, 6.07) is 0. The molecule has 2 aliphatic heterocycles. The third-order valence-electron chi connectivity index (χ3n) is 2.95. The fourth-order valence-corrected chi connectivity index (χ4v) is 1.81. The summed E-state index contributed by atoms with van der Waals surface area (Å²) >= 11 is 2.27. The smallest absolute Gasteiger partial charge is 0.448 e. The minimum atomic E-state index is -4.81. The SMILES string of the molecule is F[B-](F)(F)CBr.F[B-](F)(F)COC1CCCOC1.OC1CCCOC1.[K+].[K+]. The molecule has 0 aromatic carbocycles. The van der Waals surface area contributed by atoms with E-state index in [1.54, 1.807) is 0 Å². The van der Waals surface area contributed by atoms with Crippen LogP contribution in [-0.2, 0) is 14.2 Å². The van der Waals surface area contributed by atoms with Crippen molar-refractivity contribution < 1.29 is 148 Å². The Morgan fingerprint density at radius 3 is 1.63 bits per heavy atom. The molecule has 0 bridgehead atoms. The van der Waals surface area contributed by atoms with Crippen LogP contribution in [0.4, 0.5) is 25.9 Å². The van der Waals surface area contributed by atoms with Crippen molar-refractivity contribution in [1.82, 2.24) is 0 Å². The van der Waals surface area contributed by atoms with E-state index in [9.17, 15) is 25.9 Å². The summed E-state index contributed by atoms with van der Waals surface area (Å²) in [4.78, 5) is 0. The van der Waals surface area contributed by atoms with Gasteiger partial charge >= 0.3 is 117 Å². The molecule has 2 aliphatic rings. The average molecular weight is 525 g/mol. The Hall–Kier alpha value is 3.30. The van der Waals surface area contributed by atoms with Gasteiger partial charge in [0.15, 0.2) is 0 Å². The van der Waals surface area contributed by atoms with Gasteiger partial charge in [-0.25, -0.2) is 0 Å². The van der Waals surface area contributed by atoms with Gasteiger partial charge in [0.2, 0.25) is 0 Å². The number of aliphatic hydroxyl groups excluding tert-OH is 1. The van der Waals surface area contributed by atoms with Gasteiger partial charge in [-0.3, -0.25) is 0 Å². The molecule has 0 aromatic rings. The van der Waals surface area contributed by atoms with Crippen molar-refractivity contribution in [3.05, 3.63) is 0 Å². The van der Waals surface area contributed by atoms with Crippen molar-refractivity contribution in [3.8, 4) is 0 Å². The molecule has 2 rings (SSSR count). The molecule has 2 atom stereocenters. The monoisotopic (exact) mass is 524 g/mol. The third-order valence-corrected chi connectivity index (χ3v) is 3.68. The first-order valence-corrected chi connectivity index (χ1v) is 9.08. The molecule has 0 saturated carbocycles. The molecule has 1 N–H and O–H groups in total. The van der Waals surface area contributed by atoms with Crippen LogP contribution in [0.1, 0.15) is 25.7 Å². The number of ether oxygens (including phenoxy) is 3. The fraction of sp³-hybridized carbons (Fsp3) is 1.00. The Kier molecular flexibility index (Phi) is 25.8. The minimum Gasteiger partial charge on any atom is -0.448 e. The molecule has 15 heteroatoms. The predicted octanol–water partition coefficient (Wildman–Crippen LogP) is -2.50. The molecule has 0 aromatic heterocycles. The van der Waals surface area contributed by atoms with E-state index in [0.717, 1.165) is 25.9 Å². The van der Waals surface area contributed by atoms with E-state index in [1.807, 2.05) is 0 Å². The second-order valence-corrected chi connectivity index (χ2v) is 6.27. The summed E-state index contributed by atoms with van der Waals surface area (Å²) in [5.74, 6) is 0. The molecule has 27 heavy (non-hydrogen) atoms. The first-order chi connectivity index (χ1) is 11.5. The number of hydrogen-bond donors (Lipinski definition) is 1. The summed E-state index contributed by atoms with van der Waals surface area (Å²) in [5, 5.41) is 7.93. The van der Waals surface area contributed by atoms with E-state index in [1.165, 1.54) is 0 Å². The van der Waals surface area contributed by atoms with Crippen LogP contribution in [0.25, 0.3) is 0 Å². The van der Waals surface area contributed by atoms with Gasteiger partial charge in [-0.2, -0.15) is 0 Å². The topological polar surface area (TPSA) is 47.9 Å². The van der Waals surface area contributed by atoms with E-state index in [4.69, 9.17) is 14.6 Å². The molecule has 0 aliphatic carbocycles. The van der Waals surface area contributed by atoms with Crippen LogP contribution in [0.2, 0.25) is 0 Å². The van der Waals surface area contributed by atoms with Gasteiger partial charge in [0.25, 0.3) is 0 Å². The van der Waals surface area contributed by atoms with E-state index < -0.39 is 25.7 Å². The molecule has 0 radical (unpaired) electrons. The Labute approximate surface area is 249 Å². The van der Waals surface area contributed by atoms with Crippen molar-refractivity contribution in [2.75, 3.05) is 38.2 Å². The summed E-state index contributed by atoms with van der Waals surface area (Å²) in [7, 11) is 0. The summed E-state index contributed by atoms with van der Waals surface area (Å²) in [6.07, 6.45) is 2.85. The molecule has 4 nitrogen and oxygen atoms in total. The van der Waals surface area contributed by atoms with Crippen LogP contribution in [0.15, 0.2) is 0 Å². The standard InChI is InChI=1S/C6H11BF3O2.C5H10O2.CH2BBrF3.2K/c8-7(9,10)5-12-6-2-1-3-11-4-6;6-5-2-1-3-7-4-5;3-1-2(4,5)6;;/h6H,1-5H2;5-6H,1-4H2;1H2;;/q-1;;-1;2*+1. The second-order valence-electron chi connectivity index (χ2n) is 5.62. The van der Waals surface area contributed by atoms with Gasteiger partial charge in [0, 0.05) is 19.7 Å². The van der Waals surface area contributed by atoms with Gasteiger partial charge < -0.3 is 45.2 Å². The Morgan fingerprint density at radius 2 is 1.37 bits per heavy atom. The Balaban J connectivity index is -0.000000333. The molecule has 2 heterocycles.